The minimum Gasteiger partial charge on any atom is -0.504 e. The molecule has 0 aromatic heterocycles. The van der Waals surface area contributed by atoms with Gasteiger partial charge in [0.05, 0.1) is 0 Å². The van der Waals surface area contributed by atoms with Gasteiger partial charge in [0.2, 0.25) is 5.78 Å². The van der Waals surface area contributed by atoms with Crippen molar-refractivity contribution in [3.63, 3.8) is 0 Å². The largest absolute Gasteiger partial charge is 0.504 e. The number of Topliss-reactive ketones (excluding diaryl/α,β-unsaturated/α-hetero) is 2. The van der Waals surface area contributed by atoms with Crippen molar-refractivity contribution in [3.8, 4) is 0 Å². The summed E-state index contributed by atoms with van der Waals surface area (Å²) in [5, 5.41) is 10.7. The zero-order valence-electron chi connectivity index (χ0n) is 17.3. The fourth-order valence-electron chi connectivity index (χ4n) is 5.42. The van der Waals surface area contributed by atoms with Crippen molar-refractivity contribution in [1.29, 1.82) is 0 Å². The number of hydrogen-bond acceptors (Lipinski definition) is 3. The second-order valence-electron chi connectivity index (χ2n) is 8.55. The second kappa shape index (κ2) is 7.66. The first kappa shape index (κ1) is 19.5. The molecule has 3 aromatic carbocycles. The van der Waals surface area contributed by atoms with Crippen LogP contribution in [0.15, 0.2) is 96.3 Å². The van der Waals surface area contributed by atoms with Crippen LogP contribution in [0.3, 0.4) is 0 Å². The number of carbonyl (C=O) groups excluding carboxylic acids is 2. The molecule has 154 valence electrons. The Labute approximate surface area is 182 Å². The fourth-order valence-corrected chi connectivity index (χ4v) is 5.42. The minimum absolute atomic E-state index is 0.120. The molecule has 0 amide bonds. The van der Waals surface area contributed by atoms with Crippen LogP contribution >= 0.6 is 0 Å². The van der Waals surface area contributed by atoms with E-state index in [4.69, 9.17) is 0 Å². The Morgan fingerprint density at radius 3 is 1.61 bits per heavy atom. The summed E-state index contributed by atoms with van der Waals surface area (Å²) in [6.45, 7) is 0. The first-order valence-electron chi connectivity index (χ1n) is 10.8. The van der Waals surface area contributed by atoms with E-state index < -0.39 is 5.78 Å². The standard InChI is InChI=1S/C28H24O3/c29-25-22-13-7-8-14-23(22)26(30)27(31)24(25)19-15-17-28(18-16-19,20-9-3-1-4-10-20)21-11-5-2-6-12-21/h1-14,19,31H,15-18H2. The lowest BCUT2D eigenvalue weighted by molar-refractivity contribution is 0.0912. The lowest BCUT2D eigenvalue weighted by Gasteiger charge is -2.42. The van der Waals surface area contributed by atoms with Gasteiger partial charge in [-0.15, -0.1) is 0 Å². The van der Waals surface area contributed by atoms with Gasteiger partial charge < -0.3 is 5.11 Å². The highest BCUT2D eigenvalue weighted by Gasteiger charge is 2.43. The van der Waals surface area contributed by atoms with Crippen LogP contribution < -0.4 is 0 Å². The normalized spacial score (nSPS) is 18.7. The van der Waals surface area contributed by atoms with Crippen LogP contribution in [-0.4, -0.2) is 16.7 Å². The molecular weight excluding hydrogens is 384 g/mol. The zero-order valence-corrected chi connectivity index (χ0v) is 17.3. The molecule has 0 atom stereocenters. The monoisotopic (exact) mass is 408 g/mol. The number of carbonyl (C=O) groups is 2. The van der Waals surface area contributed by atoms with Gasteiger partial charge in [0.25, 0.3) is 0 Å². The molecule has 2 aliphatic rings. The first-order valence-corrected chi connectivity index (χ1v) is 10.8. The summed E-state index contributed by atoms with van der Waals surface area (Å²) in [4.78, 5) is 25.9. The lowest BCUT2D eigenvalue weighted by Crippen LogP contribution is -2.36. The topological polar surface area (TPSA) is 54.4 Å². The maximum Gasteiger partial charge on any atom is 0.228 e. The number of aliphatic hydroxyl groups excluding tert-OH is 1. The zero-order chi connectivity index (χ0) is 21.4. The summed E-state index contributed by atoms with van der Waals surface area (Å²) < 4.78 is 0. The van der Waals surface area contributed by atoms with E-state index in [0.717, 1.165) is 25.7 Å². The Bertz CT molecular complexity index is 1130. The van der Waals surface area contributed by atoms with Gasteiger partial charge in [0.1, 0.15) is 0 Å². The predicted molar refractivity (Wildman–Crippen MR) is 120 cm³/mol. The van der Waals surface area contributed by atoms with Crippen molar-refractivity contribution in [2.45, 2.75) is 31.1 Å². The lowest BCUT2D eigenvalue weighted by atomic mass is 9.61. The van der Waals surface area contributed by atoms with E-state index in [9.17, 15) is 14.7 Å². The quantitative estimate of drug-likeness (QED) is 0.574. The third-order valence-corrected chi connectivity index (χ3v) is 7.03. The smallest absolute Gasteiger partial charge is 0.228 e. The van der Waals surface area contributed by atoms with Crippen LogP contribution in [0, 0.1) is 5.92 Å². The third-order valence-electron chi connectivity index (χ3n) is 7.03. The van der Waals surface area contributed by atoms with E-state index in [-0.39, 0.29) is 22.9 Å². The highest BCUT2D eigenvalue weighted by Crippen LogP contribution is 2.49. The number of allylic oxidation sites excluding steroid dienone is 2. The molecule has 1 N–H and O–H groups in total. The summed E-state index contributed by atoms with van der Waals surface area (Å²) in [5.41, 5.74) is 3.42. The van der Waals surface area contributed by atoms with Crippen LogP contribution in [-0.2, 0) is 5.41 Å². The van der Waals surface area contributed by atoms with Crippen LogP contribution in [0.4, 0.5) is 0 Å². The molecule has 0 saturated heterocycles. The van der Waals surface area contributed by atoms with Crippen molar-refractivity contribution in [1.82, 2.24) is 0 Å². The van der Waals surface area contributed by atoms with E-state index in [0.29, 0.717) is 16.7 Å². The Balaban J connectivity index is 1.50. The van der Waals surface area contributed by atoms with E-state index in [2.05, 4.69) is 48.5 Å². The maximum atomic E-state index is 13.2. The van der Waals surface area contributed by atoms with Gasteiger partial charge >= 0.3 is 0 Å². The van der Waals surface area contributed by atoms with E-state index in [1.807, 2.05) is 12.1 Å². The molecule has 3 heteroatoms. The molecule has 0 radical (unpaired) electrons. The SMILES string of the molecule is O=C1C(O)=C(C2CCC(c3ccccc3)(c3ccccc3)CC2)C(=O)c2ccccc21. The molecule has 0 unspecified atom stereocenters. The minimum atomic E-state index is -0.437. The third kappa shape index (κ3) is 3.12. The van der Waals surface area contributed by atoms with E-state index in [1.165, 1.54) is 11.1 Å². The summed E-state index contributed by atoms with van der Waals surface area (Å²) in [7, 11) is 0. The van der Waals surface area contributed by atoms with Gasteiger partial charge in [-0.3, -0.25) is 9.59 Å². The summed E-state index contributed by atoms with van der Waals surface area (Å²) in [6, 6.07) is 27.8. The average molecular weight is 408 g/mol. The van der Waals surface area contributed by atoms with Crippen molar-refractivity contribution in [2.75, 3.05) is 0 Å². The van der Waals surface area contributed by atoms with Crippen LogP contribution in [0.5, 0.6) is 0 Å². The van der Waals surface area contributed by atoms with Gasteiger partial charge in [-0.2, -0.15) is 0 Å². The average Bonchev–Trinajstić information content (AvgIpc) is 2.84. The molecular formula is C28H24O3. The molecule has 5 rings (SSSR count). The summed E-state index contributed by atoms with van der Waals surface area (Å²) in [5.74, 6) is -1.12. The Morgan fingerprint density at radius 1 is 0.645 bits per heavy atom. The number of hydrogen-bond donors (Lipinski definition) is 1. The van der Waals surface area contributed by atoms with Crippen LogP contribution in [0.25, 0.3) is 0 Å². The molecule has 0 bridgehead atoms. The first-order chi connectivity index (χ1) is 15.1. The Kier molecular flexibility index (Phi) is 4.82. The molecule has 3 aromatic rings. The molecule has 1 saturated carbocycles. The molecule has 0 spiro atoms. The van der Waals surface area contributed by atoms with E-state index >= 15 is 0 Å². The summed E-state index contributed by atoms with van der Waals surface area (Å²) >= 11 is 0. The van der Waals surface area contributed by atoms with Crippen LogP contribution in [0.1, 0.15) is 57.5 Å². The summed E-state index contributed by atoms with van der Waals surface area (Å²) in [6.07, 6.45) is 3.19. The van der Waals surface area contributed by atoms with Crippen molar-refractivity contribution < 1.29 is 14.7 Å². The maximum absolute atomic E-state index is 13.2. The number of aliphatic hydroxyl groups is 1. The molecule has 31 heavy (non-hydrogen) atoms. The van der Waals surface area contributed by atoms with Crippen molar-refractivity contribution in [2.24, 2.45) is 5.92 Å². The van der Waals surface area contributed by atoms with Crippen LogP contribution in [0.2, 0.25) is 0 Å². The molecule has 0 aliphatic heterocycles. The second-order valence-corrected chi connectivity index (χ2v) is 8.55. The number of rotatable bonds is 3. The number of fused-ring (bicyclic) bond motifs is 1. The van der Waals surface area contributed by atoms with Gasteiger partial charge in [0, 0.05) is 22.1 Å². The molecule has 3 nitrogen and oxygen atoms in total. The highest BCUT2D eigenvalue weighted by molar-refractivity contribution is 6.26. The van der Waals surface area contributed by atoms with Crippen molar-refractivity contribution >= 4 is 11.6 Å². The number of ketones is 2. The van der Waals surface area contributed by atoms with Gasteiger partial charge in [-0.05, 0) is 42.7 Å². The Morgan fingerprint density at radius 2 is 1.10 bits per heavy atom. The molecule has 2 aliphatic carbocycles. The van der Waals surface area contributed by atoms with Gasteiger partial charge in [-0.25, -0.2) is 0 Å². The highest BCUT2D eigenvalue weighted by atomic mass is 16.3. The predicted octanol–water partition coefficient (Wildman–Crippen LogP) is 6.05. The van der Waals surface area contributed by atoms with Gasteiger partial charge in [0.15, 0.2) is 11.5 Å². The molecule has 1 fully saturated rings. The Hall–Kier alpha value is -3.46. The van der Waals surface area contributed by atoms with Gasteiger partial charge in [-0.1, -0.05) is 84.9 Å². The molecule has 0 heterocycles. The van der Waals surface area contributed by atoms with Crippen molar-refractivity contribution in [3.05, 3.63) is 119 Å². The number of benzene rings is 3. The fraction of sp³-hybridized carbons (Fsp3) is 0.214. The van der Waals surface area contributed by atoms with E-state index in [1.54, 1.807) is 24.3 Å².